The summed E-state index contributed by atoms with van der Waals surface area (Å²) in [5.41, 5.74) is 7.89. The first-order chi connectivity index (χ1) is 53.5. The van der Waals surface area contributed by atoms with E-state index in [2.05, 4.69) is 92.4 Å². The van der Waals surface area contributed by atoms with Crippen molar-refractivity contribution in [1.29, 1.82) is 0 Å². The average molecular weight is 1510 g/mol. The molecule has 10 fully saturated rings. The van der Waals surface area contributed by atoms with Gasteiger partial charge in [-0.25, -0.2) is 0 Å². The van der Waals surface area contributed by atoms with Crippen LogP contribution in [0.25, 0.3) is 0 Å². The zero-order chi connectivity index (χ0) is 75.5. The zero-order valence-corrected chi connectivity index (χ0v) is 62.9. The molecule has 23 nitrogen and oxygen atoms in total. The Labute approximate surface area is 640 Å². The Morgan fingerprint density at radius 3 is 1.09 bits per heavy atom. The second-order valence-electron chi connectivity index (χ2n) is 28.3. The molecular formula is C86H108O23. The molecule has 590 valence electrons. The van der Waals surface area contributed by atoms with Crippen LogP contribution in [0.15, 0.2) is 146 Å². The highest BCUT2D eigenvalue weighted by Gasteiger charge is 2.33. The quantitative estimate of drug-likeness (QED) is 0.00874. The number of hydrogen-bond donors (Lipinski definition) is 0. The monoisotopic (exact) mass is 1510 g/mol. The van der Waals surface area contributed by atoms with E-state index >= 15 is 0 Å². The number of unbranched alkanes of at least 4 members (excludes halogenated alkanes) is 6. The molecule has 0 aliphatic carbocycles. The minimum atomic E-state index is -0.649. The Bertz CT molecular complexity index is 3480. The maximum absolute atomic E-state index is 12.0. The molecule has 5 aromatic rings. The molecule has 0 spiro atoms. The van der Waals surface area contributed by atoms with Crippen LogP contribution in [0.5, 0.6) is 28.7 Å². The lowest BCUT2D eigenvalue weighted by Crippen LogP contribution is -2.17. The van der Waals surface area contributed by atoms with Crippen LogP contribution < -0.4 is 23.7 Å². The van der Waals surface area contributed by atoms with E-state index in [1.54, 1.807) is 18.2 Å². The number of benzene rings is 5. The molecule has 5 aromatic carbocycles. The van der Waals surface area contributed by atoms with Crippen molar-refractivity contribution >= 4 is 23.9 Å². The van der Waals surface area contributed by atoms with Gasteiger partial charge in [-0.15, -0.1) is 0 Å². The number of rotatable bonds is 47. The number of para-hydroxylation sites is 2. The first kappa shape index (κ1) is 81.8. The molecule has 10 unspecified atom stereocenters. The molecule has 109 heavy (non-hydrogen) atoms. The van der Waals surface area contributed by atoms with Gasteiger partial charge in [-0.1, -0.05) is 142 Å². The van der Waals surface area contributed by atoms with Gasteiger partial charge in [0, 0.05) is 25.7 Å². The molecule has 10 aliphatic rings. The van der Waals surface area contributed by atoms with Crippen molar-refractivity contribution < 1.29 is 109 Å². The molecule has 0 radical (unpaired) electrons. The van der Waals surface area contributed by atoms with Crippen LogP contribution in [0.4, 0.5) is 0 Å². The van der Waals surface area contributed by atoms with Crippen molar-refractivity contribution in [3.63, 3.8) is 0 Å². The van der Waals surface area contributed by atoms with E-state index < -0.39 is 30.3 Å². The molecule has 10 aliphatic heterocycles. The summed E-state index contributed by atoms with van der Waals surface area (Å²) >= 11 is 0. The van der Waals surface area contributed by atoms with Crippen molar-refractivity contribution in [2.24, 2.45) is 0 Å². The number of hydrogen-bond acceptors (Lipinski definition) is 23. The second kappa shape index (κ2) is 45.2. The molecule has 10 heterocycles. The maximum Gasteiger partial charge on any atom is 0.317 e. The van der Waals surface area contributed by atoms with Crippen LogP contribution in [0.2, 0.25) is 0 Å². The molecule has 10 saturated heterocycles. The summed E-state index contributed by atoms with van der Waals surface area (Å²) in [5, 5.41) is 0. The number of carbonyl (C=O) groups excluding carboxylic acids is 4. The number of allylic oxidation sites excluding steroid dienone is 4. The third-order valence-corrected chi connectivity index (χ3v) is 18.1. The van der Waals surface area contributed by atoms with Crippen molar-refractivity contribution in [1.82, 2.24) is 0 Å². The third kappa shape index (κ3) is 36.0. The van der Waals surface area contributed by atoms with Crippen LogP contribution in [-0.4, -0.2) is 197 Å². The van der Waals surface area contributed by atoms with E-state index in [0.717, 1.165) is 120 Å². The minimum absolute atomic E-state index is 0.0184. The van der Waals surface area contributed by atoms with E-state index in [1.165, 1.54) is 79.2 Å². The van der Waals surface area contributed by atoms with E-state index in [9.17, 15) is 19.2 Å². The van der Waals surface area contributed by atoms with Crippen LogP contribution in [-0.2, 0) is 131 Å². The van der Waals surface area contributed by atoms with Gasteiger partial charge in [-0.05, 0) is 114 Å². The normalized spacial score (nSPS) is 22.5. The summed E-state index contributed by atoms with van der Waals surface area (Å²) in [4.78, 5) is 46.0. The van der Waals surface area contributed by atoms with Crippen molar-refractivity contribution in [2.45, 2.75) is 184 Å². The van der Waals surface area contributed by atoms with Gasteiger partial charge in [-0.2, -0.15) is 0 Å². The standard InChI is InChI=1S/C24H36O2.C23H24O8.C15H18O4.C15H18O3.C9H12O6/c1-2-3-4-5-6-7-8-9-10-11-12-13-14-16-22-17-15-18-23(19-22)25-20-24-21-26-24;24-22(30-10-16-3-1-5-18(7-16)26-12-20-14-28-20)9-23(25)31-11-17-4-2-6-19(8-17)27-13-21-15-29-21;1-2-10(4-12-6-16-12)15(19-9-14-8-18-14)11(3-1)5-13-7-17-13;1-2-6-16-15-11(7-13-9-17-13)4-3-5-12(15)8-14-10-18-14;10-8(14-4-6-2-12-6)1-9(11)15-5-7-3-13-7/h4-5,7-8,15,17-19,24H,2-3,6,9-14,16,20-21H2,1H3;1-8,20-21H,9-15H2;1-3,12-14H,4-9H2;2-5,13-14H,1,6-10H2;6-7H,1-5H2/b5-4+,8-7+;;;;. The van der Waals surface area contributed by atoms with Crippen LogP contribution in [0, 0.1) is 0 Å². The van der Waals surface area contributed by atoms with E-state index in [0.29, 0.717) is 88.3 Å². The number of esters is 4. The molecule has 0 bridgehead atoms. The molecule has 0 aromatic heterocycles. The fraction of sp³-hybridized carbons (Fsp3) is 0.535. The Balaban J connectivity index is 0.000000138. The molecular weight excluding hydrogens is 1400 g/mol. The van der Waals surface area contributed by atoms with E-state index in [-0.39, 0.29) is 63.4 Å². The summed E-state index contributed by atoms with van der Waals surface area (Å²) in [7, 11) is 0. The van der Waals surface area contributed by atoms with Gasteiger partial charge in [0.05, 0.1) is 90.5 Å². The number of carbonyl (C=O) groups is 4. The first-order valence-corrected chi connectivity index (χ1v) is 38.8. The fourth-order valence-corrected chi connectivity index (χ4v) is 11.1. The second-order valence-corrected chi connectivity index (χ2v) is 28.3. The highest BCUT2D eigenvalue weighted by Crippen LogP contribution is 2.34. The smallest absolute Gasteiger partial charge is 0.317 e. The molecule has 0 saturated carbocycles. The Morgan fingerprint density at radius 2 is 0.697 bits per heavy atom. The number of aryl methyl sites for hydroxylation is 1. The SMILES string of the molecule is C=CCOc1c(CC2CO2)cccc1CC1CO1.CCC/C=C/C/C=C/CCCCCCCc1cccc(OCC2CO2)c1.O=C(CC(=O)OCC1CO1)OCC1CO1.O=C(CC(=O)OCc1cccc(OCC2CO2)c1)OCc1cccc(OCC2CO2)c1.c1cc(CC2CO2)c(OCC2CO2)c(CC2CO2)c1. The molecule has 10 atom stereocenters. The van der Waals surface area contributed by atoms with Gasteiger partial charge in [-0.3, -0.25) is 19.2 Å². The van der Waals surface area contributed by atoms with Crippen molar-refractivity contribution in [3.8, 4) is 28.7 Å². The summed E-state index contributed by atoms with van der Waals surface area (Å²) in [5.74, 6) is 1.92. The van der Waals surface area contributed by atoms with E-state index in [4.69, 9.17) is 90.0 Å². The van der Waals surface area contributed by atoms with Crippen LogP contribution in [0.1, 0.15) is 116 Å². The lowest BCUT2D eigenvalue weighted by atomic mass is 10.0. The topological polar surface area (TPSA) is 277 Å². The third-order valence-electron chi connectivity index (χ3n) is 18.1. The predicted octanol–water partition coefficient (Wildman–Crippen LogP) is 11.8. The zero-order valence-electron chi connectivity index (χ0n) is 62.9. The van der Waals surface area contributed by atoms with Gasteiger partial charge in [0.2, 0.25) is 0 Å². The minimum Gasteiger partial charge on any atom is -0.491 e. The summed E-state index contributed by atoms with van der Waals surface area (Å²) in [6, 6.07) is 35.7. The molecule has 15 rings (SSSR count). The lowest BCUT2D eigenvalue weighted by molar-refractivity contribution is -0.157. The van der Waals surface area contributed by atoms with Crippen molar-refractivity contribution in [2.75, 3.05) is 112 Å². The van der Waals surface area contributed by atoms with Gasteiger partial charge >= 0.3 is 23.9 Å². The summed E-state index contributed by atoms with van der Waals surface area (Å²) in [6.45, 7) is 17.2. The highest BCUT2D eigenvalue weighted by atomic mass is 16.6. The van der Waals surface area contributed by atoms with Crippen molar-refractivity contribution in [3.05, 3.63) is 185 Å². The Kier molecular flexibility index (Phi) is 33.9. The van der Waals surface area contributed by atoms with Crippen LogP contribution >= 0.6 is 0 Å². The van der Waals surface area contributed by atoms with Crippen LogP contribution in [0.3, 0.4) is 0 Å². The molecule has 23 heteroatoms. The largest absolute Gasteiger partial charge is 0.491 e. The summed E-state index contributed by atoms with van der Waals surface area (Å²) in [6.07, 6.45) is 29.0. The maximum atomic E-state index is 12.0. The number of epoxide rings is 10. The average Bonchev–Trinajstić information content (AvgIpc) is 1.63. The summed E-state index contributed by atoms with van der Waals surface area (Å²) < 4.78 is 100. The fourth-order valence-electron chi connectivity index (χ4n) is 11.1. The predicted molar refractivity (Wildman–Crippen MR) is 402 cm³/mol. The number of ether oxygens (including phenoxy) is 19. The molecule has 0 N–H and O–H groups in total. The Morgan fingerprint density at radius 1 is 0.367 bits per heavy atom. The van der Waals surface area contributed by atoms with Gasteiger partial charge < -0.3 is 90.0 Å². The molecule has 0 amide bonds. The van der Waals surface area contributed by atoms with Gasteiger partial charge in [0.1, 0.15) is 138 Å². The Hall–Kier alpha value is -8.20. The van der Waals surface area contributed by atoms with E-state index in [1.807, 2.05) is 42.5 Å². The highest BCUT2D eigenvalue weighted by molar-refractivity contribution is 5.91. The first-order valence-electron chi connectivity index (χ1n) is 38.8. The van der Waals surface area contributed by atoms with Gasteiger partial charge in [0.15, 0.2) is 0 Å². The lowest BCUT2D eigenvalue weighted by Gasteiger charge is -2.14. The van der Waals surface area contributed by atoms with Gasteiger partial charge in [0.25, 0.3) is 0 Å².